The molecule has 4 heteroatoms. The minimum Gasteiger partial charge on any atom is -0.383 e. The highest BCUT2D eigenvalue weighted by Gasteiger charge is 2.21. The molecule has 17 heavy (non-hydrogen) atoms. The van der Waals surface area contributed by atoms with Crippen LogP contribution in [-0.4, -0.2) is 38.3 Å². The van der Waals surface area contributed by atoms with Crippen molar-refractivity contribution in [2.24, 2.45) is 5.73 Å². The minimum atomic E-state index is 0.297. The van der Waals surface area contributed by atoms with Crippen molar-refractivity contribution in [3.63, 3.8) is 0 Å². The van der Waals surface area contributed by atoms with Crippen LogP contribution in [0.15, 0.2) is 12.1 Å². The van der Waals surface area contributed by atoms with Crippen molar-refractivity contribution in [2.45, 2.75) is 32.4 Å². The molecule has 98 valence electrons. The summed E-state index contributed by atoms with van der Waals surface area (Å²) in [7, 11) is 3.86. The second-order valence-corrected chi connectivity index (χ2v) is 5.58. The summed E-state index contributed by atoms with van der Waals surface area (Å²) in [5, 5.41) is 0. The van der Waals surface area contributed by atoms with E-state index in [-0.39, 0.29) is 0 Å². The molecular weight excluding hydrogens is 232 g/mol. The van der Waals surface area contributed by atoms with Crippen LogP contribution in [0.3, 0.4) is 0 Å². The predicted octanol–water partition coefficient (Wildman–Crippen LogP) is 2.28. The molecule has 0 bridgehead atoms. The van der Waals surface area contributed by atoms with Gasteiger partial charge in [-0.15, -0.1) is 11.3 Å². The minimum absolute atomic E-state index is 0.297. The van der Waals surface area contributed by atoms with E-state index in [1.165, 1.54) is 9.75 Å². The SMILES string of the molecule is CCc1ccc(C(CN)N(C)C(C)COC)s1. The molecular formula is C13H24N2OS. The molecule has 0 aliphatic rings. The van der Waals surface area contributed by atoms with E-state index in [0.717, 1.165) is 13.0 Å². The van der Waals surface area contributed by atoms with E-state index in [2.05, 4.69) is 37.9 Å². The van der Waals surface area contributed by atoms with Crippen molar-refractivity contribution in [1.82, 2.24) is 4.90 Å². The highest BCUT2D eigenvalue weighted by molar-refractivity contribution is 7.12. The van der Waals surface area contributed by atoms with E-state index >= 15 is 0 Å². The Kier molecular flexibility index (Phi) is 6.12. The summed E-state index contributed by atoms with van der Waals surface area (Å²) < 4.78 is 5.20. The summed E-state index contributed by atoms with van der Waals surface area (Å²) in [6.07, 6.45) is 1.10. The average Bonchev–Trinajstić information content (AvgIpc) is 2.79. The molecule has 0 aliphatic carbocycles. The van der Waals surface area contributed by atoms with Crippen LogP contribution in [0.25, 0.3) is 0 Å². The molecule has 2 unspecified atom stereocenters. The van der Waals surface area contributed by atoms with Crippen molar-refractivity contribution in [3.05, 3.63) is 21.9 Å². The Morgan fingerprint density at radius 2 is 2.18 bits per heavy atom. The van der Waals surface area contributed by atoms with Crippen LogP contribution in [0, 0.1) is 0 Å². The molecule has 0 fully saturated rings. The smallest absolute Gasteiger partial charge is 0.0615 e. The molecule has 3 nitrogen and oxygen atoms in total. The summed E-state index contributed by atoms with van der Waals surface area (Å²) in [4.78, 5) is 5.08. The van der Waals surface area contributed by atoms with Gasteiger partial charge in [0.2, 0.25) is 0 Å². The fourth-order valence-electron chi connectivity index (χ4n) is 1.91. The van der Waals surface area contributed by atoms with E-state index in [1.54, 1.807) is 7.11 Å². The summed E-state index contributed by atoms with van der Waals surface area (Å²) in [6.45, 7) is 5.73. The first-order valence-corrected chi connectivity index (χ1v) is 6.95. The van der Waals surface area contributed by atoms with Gasteiger partial charge in [0.05, 0.1) is 12.6 Å². The molecule has 1 heterocycles. The number of nitrogens with two attached hydrogens (primary N) is 1. The lowest BCUT2D eigenvalue weighted by Gasteiger charge is -2.31. The van der Waals surface area contributed by atoms with Gasteiger partial charge in [-0.05, 0) is 32.5 Å². The molecule has 1 rings (SSSR count). The van der Waals surface area contributed by atoms with E-state index in [4.69, 9.17) is 10.5 Å². The van der Waals surface area contributed by atoms with Gasteiger partial charge in [0.25, 0.3) is 0 Å². The molecule has 0 saturated heterocycles. The van der Waals surface area contributed by atoms with Crippen LogP contribution in [0.1, 0.15) is 29.6 Å². The van der Waals surface area contributed by atoms with E-state index < -0.39 is 0 Å². The maximum absolute atomic E-state index is 5.91. The quantitative estimate of drug-likeness (QED) is 0.813. The number of nitrogens with zero attached hydrogens (tertiary/aromatic N) is 1. The molecule has 0 aromatic carbocycles. The molecule has 2 N–H and O–H groups in total. The van der Waals surface area contributed by atoms with Gasteiger partial charge >= 0.3 is 0 Å². The van der Waals surface area contributed by atoms with Crippen LogP contribution in [-0.2, 0) is 11.2 Å². The van der Waals surface area contributed by atoms with Crippen molar-refractivity contribution >= 4 is 11.3 Å². The topological polar surface area (TPSA) is 38.5 Å². The number of hydrogen-bond donors (Lipinski definition) is 1. The lowest BCUT2D eigenvalue weighted by atomic mass is 10.1. The third kappa shape index (κ3) is 3.78. The first-order chi connectivity index (χ1) is 8.13. The first-order valence-electron chi connectivity index (χ1n) is 6.13. The van der Waals surface area contributed by atoms with Crippen LogP contribution in [0.5, 0.6) is 0 Å². The Bertz CT molecular complexity index is 327. The van der Waals surface area contributed by atoms with Gasteiger partial charge in [-0.2, -0.15) is 0 Å². The van der Waals surface area contributed by atoms with Crippen LogP contribution in [0.4, 0.5) is 0 Å². The zero-order chi connectivity index (χ0) is 12.8. The molecule has 1 aromatic rings. The second kappa shape index (κ2) is 7.11. The summed E-state index contributed by atoms with van der Waals surface area (Å²) >= 11 is 1.87. The van der Waals surface area contributed by atoms with Gasteiger partial charge < -0.3 is 10.5 Å². The summed E-state index contributed by atoms with van der Waals surface area (Å²) in [5.74, 6) is 0. The van der Waals surface area contributed by atoms with E-state index in [0.29, 0.717) is 18.6 Å². The number of hydrogen-bond acceptors (Lipinski definition) is 4. The number of likely N-dealkylation sites (N-methyl/N-ethyl adjacent to an activating group) is 1. The highest BCUT2D eigenvalue weighted by atomic mass is 32.1. The largest absolute Gasteiger partial charge is 0.383 e. The Morgan fingerprint density at radius 1 is 1.47 bits per heavy atom. The van der Waals surface area contributed by atoms with Crippen LogP contribution in [0.2, 0.25) is 0 Å². The Balaban J connectivity index is 2.76. The van der Waals surface area contributed by atoms with E-state index in [1.807, 2.05) is 11.3 Å². The lowest BCUT2D eigenvalue weighted by molar-refractivity contribution is 0.0920. The molecule has 0 aliphatic heterocycles. The van der Waals surface area contributed by atoms with Gasteiger partial charge in [0.15, 0.2) is 0 Å². The van der Waals surface area contributed by atoms with Crippen molar-refractivity contribution < 1.29 is 4.74 Å². The fourth-order valence-corrected chi connectivity index (χ4v) is 3.03. The lowest BCUT2D eigenvalue weighted by Crippen LogP contribution is -2.38. The zero-order valence-corrected chi connectivity index (χ0v) is 12.1. The van der Waals surface area contributed by atoms with Crippen LogP contribution < -0.4 is 5.73 Å². The number of rotatable bonds is 7. The third-order valence-corrected chi connectivity index (χ3v) is 4.51. The van der Waals surface area contributed by atoms with E-state index in [9.17, 15) is 0 Å². The molecule has 0 radical (unpaired) electrons. The number of ether oxygens (including phenoxy) is 1. The number of thiophene rings is 1. The Hall–Kier alpha value is -0.420. The maximum atomic E-state index is 5.91. The molecule has 0 saturated carbocycles. The van der Waals surface area contributed by atoms with Gasteiger partial charge in [-0.1, -0.05) is 6.92 Å². The van der Waals surface area contributed by atoms with Gasteiger partial charge in [0.1, 0.15) is 0 Å². The summed E-state index contributed by atoms with van der Waals surface area (Å²) in [6, 6.07) is 5.08. The maximum Gasteiger partial charge on any atom is 0.0615 e. The Morgan fingerprint density at radius 3 is 2.65 bits per heavy atom. The normalized spacial score (nSPS) is 15.2. The fraction of sp³-hybridized carbons (Fsp3) is 0.692. The Labute approximate surface area is 109 Å². The van der Waals surface area contributed by atoms with Crippen molar-refractivity contribution in [1.29, 1.82) is 0 Å². The van der Waals surface area contributed by atoms with Crippen LogP contribution >= 0.6 is 11.3 Å². The third-order valence-electron chi connectivity index (χ3n) is 3.18. The van der Waals surface area contributed by atoms with Gasteiger partial charge in [-0.25, -0.2) is 0 Å². The first kappa shape index (κ1) is 14.6. The predicted molar refractivity (Wildman–Crippen MR) is 74.6 cm³/mol. The van der Waals surface area contributed by atoms with Gasteiger partial charge in [-0.3, -0.25) is 4.90 Å². The zero-order valence-electron chi connectivity index (χ0n) is 11.3. The van der Waals surface area contributed by atoms with Crippen molar-refractivity contribution in [2.75, 3.05) is 27.3 Å². The highest BCUT2D eigenvalue weighted by Crippen LogP contribution is 2.27. The average molecular weight is 256 g/mol. The molecule has 0 spiro atoms. The summed E-state index contributed by atoms with van der Waals surface area (Å²) in [5.41, 5.74) is 5.91. The number of aryl methyl sites for hydroxylation is 1. The molecule has 0 amide bonds. The molecule has 2 atom stereocenters. The second-order valence-electron chi connectivity index (χ2n) is 4.38. The van der Waals surface area contributed by atoms with Crippen molar-refractivity contribution in [3.8, 4) is 0 Å². The standard InChI is InChI=1S/C13H24N2OS/c1-5-11-6-7-13(17-11)12(8-14)15(3)10(2)9-16-4/h6-7,10,12H,5,8-9,14H2,1-4H3. The monoisotopic (exact) mass is 256 g/mol. The van der Waals surface area contributed by atoms with Gasteiger partial charge in [0, 0.05) is 29.5 Å². The number of methoxy groups -OCH3 is 1. The molecule has 1 aromatic heterocycles.